The molecule has 1 saturated heterocycles. The van der Waals surface area contributed by atoms with E-state index in [1.165, 1.54) is 6.26 Å². The molecular formula is C12H26N2O2S. The molecule has 2 unspecified atom stereocenters. The van der Waals surface area contributed by atoms with Crippen LogP contribution >= 0.6 is 0 Å². The zero-order valence-electron chi connectivity index (χ0n) is 11.1. The molecule has 5 heteroatoms. The summed E-state index contributed by atoms with van der Waals surface area (Å²) in [6.07, 6.45) is 7.72. The van der Waals surface area contributed by atoms with E-state index in [9.17, 15) is 8.42 Å². The molecule has 0 aromatic carbocycles. The number of rotatable bonds is 6. The normalized spacial score (nSPS) is 24.8. The first-order chi connectivity index (χ1) is 7.93. The fourth-order valence-electron chi connectivity index (χ4n) is 2.53. The van der Waals surface area contributed by atoms with Crippen LogP contribution in [-0.2, 0) is 10.0 Å². The molecule has 0 aromatic rings. The third-order valence-electron chi connectivity index (χ3n) is 3.56. The summed E-state index contributed by atoms with van der Waals surface area (Å²) < 4.78 is 24.6. The minimum absolute atomic E-state index is 0.286. The highest BCUT2D eigenvalue weighted by Gasteiger charge is 2.25. The van der Waals surface area contributed by atoms with Crippen LogP contribution in [0.15, 0.2) is 0 Å². The lowest BCUT2D eigenvalue weighted by molar-refractivity contribution is 0.249. The summed E-state index contributed by atoms with van der Waals surface area (Å²) in [6, 6.07) is 0.286. The highest BCUT2D eigenvalue weighted by atomic mass is 32.2. The Kier molecular flexibility index (Phi) is 5.89. The van der Waals surface area contributed by atoms with Crippen LogP contribution in [0, 0.1) is 5.92 Å². The topological polar surface area (TPSA) is 63.4 Å². The van der Waals surface area contributed by atoms with Gasteiger partial charge in [-0.3, -0.25) is 0 Å². The van der Waals surface area contributed by atoms with Crippen LogP contribution < -0.4 is 5.73 Å². The van der Waals surface area contributed by atoms with Gasteiger partial charge >= 0.3 is 0 Å². The van der Waals surface area contributed by atoms with E-state index in [0.29, 0.717) is 19.0 Å². The van der Waals surface area contributed by atoms with Gasteiger partial charge in [0.25, 0.3) is 0 Å². The van der Waals surface area contributed by atoms with Gasteiger partial charge in [0.2, 0.25) is 10.0 Å². The summed E-state index contributed by atoms with van der Waals surface area (Å²) in [5.41, 5.74) is 5.99. The van der Waals surface area contributed by atoms with E-state index in [-0.39, 0.29) is 6.04 Å². The molecule has 102 valence electrons. The molecule has 1 aliphatic heterocycles. The maximum absolute atomic E-state index is 11.5. The monoisotopic (exact) mass is 262 g/mol. The van der Waals surface area contributed by atoms with Crippen LogP contribution in [-0.4, -0.2) is 38.1 Å². The summed E-state index contributed by atoms with van der Waals surface area (Å²) in [7, 11) is -3.01. The summed E-state index contributed by atoms with van der Waals surface area (Å²) in [4.78, 5) is 0. The first-order valence-electron chi connectivity index (χ1n) is 6.64. The fourth-order valence-corrected chi connectivity index (χ4v) is 3.47. The Balaban J connectivity index is 2.35. The van der Waals surface area contributed by atoms with Crippen LogP contribution in [0.25, 0.3) is 0 Å². The molecule has 17 heavy (non-hydrogen) atoms. The molecule has 2 N–H and O–H groups in total. The van der Waals surface area contributed by atoms with Gasteiger partial charge in [0.1, 0.15) is 0 Å². The van der Waals surface area contributed by atoms with Crippen LogP contribution in [0.2, 0.25) is 0 Å². The first-order valence-corrected chi connectivity index (χ1v) is 8.49. The van der Waals surface area contributed by atoms with Crippen molar-refractivity contribution in [2.75, 3.05) is 19.3 Å². The van der Waals surface area contributed by atoms with Gasteiger partial charge in [-0.1, -0.05) is 13.3 Å². The largest absolute Gasteiger partial charge is 0.328 e. The molecule has 0 aliphatic carbocycles. The molecule has 4 nitrogen and oxygen atoms in total. The van der Waals surface area contributed by atoms with E-state index >= 15 is 0 Å². The Hall–Kier alpha value is -0.130. The number of hydrogen-bond acceptors (Lipinski definition) is 3. The second kappa shape index (κ2) is 6.71. The average molecular weight is 262 g/mol. The SMILES string of the molecule is CCCC(N)CCC1CCCN(S(C)(=O)=O)C1. The number of piperidine rings is 1. The third kappa shape index (κ3) is 5.36. The molecule has 2 atom stereocenters. The summed E-state index contributed by atoms with van der Waals surface area (Å²) in [5, 5.41) is 0. The molecule has 0 saturated carbocycles. The molecule has 0 aromatic heterocycles. The van der Waals surface area contributed by atoms with Gasteiger partial charge in [0.15, 0.2) is 0 Å². The molecule has 1 fully saturated rings. The molecule has 1 aliphatic rings. The van der Waals surface area contributed by atoms with Crippen molar-refractivity contribution in [2.45, 2.75) is 51.5 Å². The van der Waals surface area contributed by atoms with Gasteiger partial charge in [-0.15, -0.1) is 0 Å². The van der Waals surface area contributed by atoms with Crippen molar-refractivity contribution in [3.8, 4) is 0 Å². The molecule has 1 heterocycles. The first kappa shape index (κ1) is 14.9. The van der Waals surface area contributed by atoms with E-state index in [2.05, 4.69) is 6.92 Å². The van der Waals surface area contributed by atoms with Crippen molar-refractivity contribution < 1.29 is 8.42 Å². The standard InChI is InChI=1S/C12H26N2O2S/c1-3-5-12(13)8-7-11-6-4-9-14(10-11)17(2,15)16/h11-12H,3-10,13H2,1-2H3. The molecule has 0 spiro atoms. The highest BCUT2D eigenvalue weighted by Crippen LogP contribution is 2.23. The molecule has 0 amide bonds. The quantitative estimate of drug-likeness (QED) is 0.790. The van der Waals surface area contributed by atoms with Gasteiger partial charge in [0, 0.05) is 19.1 Å². The van der Waals surface area contributed by atoms with Gasteiger partial charge < -0.3 is 5.73 Å². The van der Waals surface area contributed by atoms with E-state index in [4.69, 9.17) is 5.73 Å². The summed E-state index contributed by atoms with van der Waals surface area (Å²) in [6.45, 7) is 3.53. The van der Waals surface area contributed by atoms with E-state index in [0.717, 1.165) is 38.5 Å². The maximum atomic E-state index is 11.5. The van der Waals surface area contributed by atoms with E-state index in [1.54, 1.807) is 4.31 Å². The second-order valence-corrected chi connectivity index (χ2v) is 7.24. The van der Waals surface area contributed by atoms with Crippen LogP contribution in [0.1, 0.15) is 45.4 Å². The van der Waals surface area contributed by atoms with E-state index < -0.39 is 10.0 Å². The Labute approximate surface area is 106 Å². The van der Waals surface area contributed by atoms with Crippen LogP contribution in [0.3, 0.4) is 0 Å². The molecule has 0 radical (unpaired) electrons. The number of hydrogen-bond donors (Lipinski definition) is 1. The second-order valence-electron chi connectivity index (χ2n) is 5.26. The molecular weight excluding hydrogens is 236 g/mol. The van der Waals surface area contributed by atoms with Gasteiger partial charge in [-0.2, -0.15) is 0 Å². The van der Waals surface area contributed by atoms with Gasteiger partial charge in [-0.05, 0) is 38.0 Å². The zero-order valence-corrected chi connectivity index (χ0v) is 11.9. The summed E-state index contributed by atoms with van der Waals surface area (Å²) in [5.74, 6) is 0.501. The Bertz CT molecular complexity index is 316. The van der Waals surface area contributed by atoms with Crippen LogP contribution in [0.5, 0.6) is 0 Å². The van der Waals surface area contributed by atoms with Crippen molar-refractivity contribution in [3.05, 3.63) is 0 Å². The van der Waals surface area contributed by atoms with E-state index in [1.807, 2.05) is 0 Å². The number of sulfonamides is 1. The third-order valence-corrected chi connectivity index (χ3v) is 4.83. The fraction of sp³-hybridized carbons (Fsp3) is 1.00. The maximum Gasteiger partial charge on any atom is 0.211 e. The number of nitrogens with zero attached hydrogens (tertiary/aromatic N) is 1. The zero-order chi connectivity index (χ0) is 12.9. The minimum atomic E-state index is -3.01. The Morgan fingerprint density at radius 2 is 2.12 bits per heavy atom. The lowest BCUT2D eigenvalue weighted by Crippen LogP contribution is -2.39. The Morgan fingerprint density at radius 1 is 1.41 bits per heavy atom. The summed E-state index contributed by atoms with van der Waals surface area (Å²) >= 11 is 0. The predicted molar refractivity (Wildman–Crippen MR) is 71.3 cm³/mol. The van der Waals surface area contributed by atoms with Crippen molar-refractivity contribution in [2.24, 2.45) is 11.7 Å². The lowest BCUT2D eigenvalue weighted by atomic mass is 9.92. The lowest BCUT2D eigenvalue weighted by Gasteiger charge is -2.31. The van der Waals surface area contributed by atoms with Gasteiger partial charge in [-0.25, -0.2) is 12.7 Å². The Morgan fingerprint density at radius 3 is 2.71 bits per heavy atom. The van der Waals surface area contributed by atoms with Gasteiger partial charge in [0.05, 0.1) is 6.26 Å². The molecule has 0 bridgehead atoms. The molecule has 1 rings (SSSR count). The van der Waals surface area contributed by atoms with Crippen LogP contribution in [0.4, 0.5) is 0 Å². The predicted octanol–water partition coefficient (Wildman–Crippen LogP) is 1.57. The van der Waals surface area contributed by atoms with Crippen molar-refractivity contribution in [3.63, 3.8) is 0 Å². The van der Waals surface area contributed by atoms with Crippen molar-refractivity contribution in [1.29, 1.82) is 0 Å². The smallest absolute Gasteiger partial charge is 0.211 e. The van der Waals surface area contributed by atoms with Crippen molar-refractivity contribution in [1.82, 2.24) is 4.31 Å². The van der Waals surface area contributed by atoms with Crippen molar-refractivity contribution >= 4 is 10.0 Å². The number of nitrogens with two attached hydrogens (primary N) is 1. The minimum Gasteiger partial charge on any atom is -0.328 e. The highest BCUT2D eigenvalue weighted by molar-refractivity contribution is 7.88. The average Bonchev–Trinajstić information content (AvgIpc) is 2.26.